The molecule has 138 valence electrons. The number of nitrogens with one attached hydrogen (secondary N) is 2. The van der Waals surface area contributed by atoms with E-state index in [1.807, 2.05) is 17.0 Å². The zero-order valence-corrected chi connectivity index (χ0v) is 15.3. The Morgan fingerprint density at radius 1 is 1.00 bits per heavy atom. The lowest BCUT2D eigenvalue weighted by atomic mass is 10.2. The fourth-order valence-corrected chi connectivity index (χ4v) is 2.73. The molecular weight excluding hydrogens is 379 g/mol. The summed E-state index contributed by atoms with van der Waals surface area (Å²) >= 11 is 11.6. The van der Waals surface area contributed by atoms with E-state index in [0.717, 1.165) is 5.69 Å². The zero-order chi connectivity index (χ0) is 18.9. The Morgan fingerprint density at radius 2 is 1.62 bits per heavy atom. The van der Waals surface area contributed by atoms with Gasteiger partial charge in [0, 0.05) is 54.0 Å². The molecule has 2 rings (SSSR count). The number of hydrogen-bond acceptors (Lipinski definition) is 4. The molecule has 26 heavy (non-hydrogen) atoms. The highest BCUT2D eigenvalue weighted by Gasteiger charge is 2.09. The number of rotatable bonds is 8. The lowest BCUT2D eigenvalue weighted by molar-refractivity contribution is -0.384. The Morgan fingerprint density at radius 3 is 2.19 bits per heavy atom. The van der Waals surface area contributed by atoms with Gasteiger partial charge in [-0.1, -0.05) is 6.07 Å². The third-order valence-corrected chi connectivity index (χ3v) is 3.85. The van der Waals surface area contributed by atoms with Crippen molar-refractivity contribution in [3.63, 3.8) is 0 Å². The van der Waals surface area contributed by atoms with Gasteiger partial charge in [0.05, 0.1) is 4.92 Å². The van der Waals surface area contributed by atoms with E-state index < -0.39 is 11.0 Å². The van der Waals surface area contributed by atoms with Gasteiger partial charge in [-0.3, -0.25) is 10.1 Å². The normalized spacial score (nSPS) is 10.2. The van der Waals surface area contributed by atoms with Gasteiger partial charge in [-0.05, 0) is 30.3 Å². The second-order valence-corrected chi connectivity index (χ2v) is 6.05. The second-order valence-electron chi connectivity index (χ2n) is 5.30. The molecule has 0 aliphatic carbocycles. The molecule has 2 N–H and O–H groups in total. The van der Waals surface area contributed by atoms with Crippen molar-refractivity contribution in [1.82, 2.24) is 0 Å². The van der Waals surface area contributed by atoms with Crippen molar-refractivity contribution < 1.29 is 9.72 Å². The van der Waals surface area contributed by atoms with Gasteiger partial charge in [-0.2, -0.15) is 0 Å². The van der Waals surface area contributed by atoms with Crippen LogP contribution < -0.4 is 15.5 Å². The molecule has 0 saturated carbocycles. The summed E-state index contributed by atoms with van der Waals surface area (Å²) in [5, 5.41) is 16.0. The quantitative estimate of drug-likeness (QED) is 0.389. The van der Waals surface area contributed by atoms with Gasteiger partial charge in [-0.25, -0.2) is 4.79 Å². The molecule has 0 atom stereocenters. The number of nitrogens with zero attached hydrogens (tertiary/aromatic N) is 2. The maximum Gasteiger partial charge on any atom is 0.323 e. The lowest BCUT2D eigenvalue weighted by Gasteiger charge is -2.23. The number of nitro benzene ring substituents is 1. The number of nitro groups is 1. The lowest BCUT2D eigenvalue weighted by Crippen LogP contribution is -2.27. The standard InChI is InChI=1S/C17H18Cl2N4O3/c18-8-10-22(11-9-19)15-6-4-13(5-7-15)20-17(24)21-14-2-1-3-16(12-14)23(25)26/h1-7,12H,8-11H2,(H2,20,21,24). The summed E-state index contributed by atoms with van der Waals surface area (Å²) in [7, 11) is 0. The van der Waals surface area contributed by atoms with E-state index in [4.69, 9.17) is 23.2 Å². The van der Waals surface area contributed by atoms with E-state index in [1.54, 1.807) is 18.2 Å². The van der Waals surface area contributed by atoms with Crippen LogP contribution in [0.1, 0.15) is 0 Å². The van der Waals surface area contributed by atoms with Crippen LogP contribution in [-0.2, 0) is 0 Å². The van der Waals surface area contributed by atoms with Crippen LogP contribution >= 0.6 is 23.2 Å². The summed E-state index contributed by atoms with van der Waals surface area (Å²) < 4.78 is 0. The van der Waals surface area contributed by atoms with Crippen molar-refractivity contribution in [2.24, 2.45) is 0 Å². The number of amides is 2. The van der Waals surface area contributed by atoms with Crippen molar-refractivity contribution >= 4 is 52.0 Å². The first-order chi connectivity index (χ1) is 12.5. The van der Waals surface area contributed by atoms with Gasteiger partial charge >= 0.3 is 6.03 Å². The molecule has 9 heteroatoms. The third kappa shape index (κ3) is 5.79. The van der Waals surface area contributed by atoms with Crippen LogP contribution in [-0.4, -0.2) is 35.8 Å². The first-order valence-electron chi connectivity index (χ1n) is 7.83. The number of carbonyl (C=O) groups excluding carboxylic acids is 1. The molecule has 0 fully saturated rings. The molecule has 0 aliphatic heterocycles. The number of non-ortho nitro benzene ring substituents is 1. The summed E-state index contributed by atoms with van der Waals surface area (Å²) in [6, 6.07) is 12.5. The average molecular weight is 397 g/mol. The molecule has 0 unspecified atom stereocenters. The molecule has 0 heterocycles. The molecule has 7 nitrogen and oxygen atoms in total. The number of hydrogen-bond donors (Lipinski definition) is 2. The maximum absolute atomic E-state index is 12.0. The van der Waals surface area contributed by atoms with Gasteiger partial charge in [0.2, 0.25) is 0 Å². The number of benzene rings is 2. The van der Waals surface area contributed by atoms with E-state index >= 15 is 0 Å². The first-order valence-corrected chi connectivity index (χ1v) is 8.90. The van der Waals surface area contributed by atoms with Crippen molar-refractivity contribution in [3.8, 4) is 0 Å². The van der Waals surface area contributed by atoms with E-state index in [2.05, 4.69) is 10.6 Å². The minimum Gasteiger partial charge on any atom is -0.369 e. The number of carbonyl (C=O) groups is 1. The van der Waals surface area contributed by atoms with Gasteiger partial charge < -0.3 is 15.5 Å². The molecule has 0 spiro atoms. The van der Waals surface area contributed by atoms with Crippen LogP contribution in [0.15, 0.2) is 48.5 Å². The Hall–Kier alpha value is -2.51. The van der Waals surface area contributed by atoms with Crippen LogP contribution in [0.4, 0.5) is 27.5 Å². The summed E-state index contributed by atoms with van der Waals surface area (Å²) in [5.74, 6) is 0.977. The Kier molecular flexibility index (Phi) is 7.50. The second kappa shape index (κ2) is 9.84. The first kappa shape index (κ1) is 19.8. The van der Waals surface area contributed by atoms with Gasteiger partial charge in [-0.15, -0.1) is 23.2 Å². The van der Waals surface area contributed by atoms with Crippen molar-refractivity contribution in [2.75, 3.05) is 40.4 Å². The van der Waals surface area contributed by atoms with E-state index in [-0.39, 0.29) is 5.69 Å². The van der Waals surface area contributed by atoms with Crippen LogP contribution in [0.3, 0.4) is 0 Å². The molecule has 0 radical (unpaired) electrons. The molecule has 2 amide bonds. The number of anilines is 3. The summed E-state index contributed by atoms with van der Waals surface area (Å²) in [4.78, 5) is 24.3. The fourth-order valence-electron chi connectivity index (χ4n) is 2.32. The predicted octanol–water partition coefficient (Wildman–Crippen LogP) is 4.52. The van der Waals surface area contributed by atoms with Crippen molar-refractivity contribution in [3.05, 3.63) is 58.6 Å². The van der Waals surface area contributed by atoms with Gasteiger partial charge in [0.15, 0.2) is 0 Å². The highest BCUT2D eigenvalue weighted by Crippen LogP contribution is 2.20. The SMILES string of the molecule is O=C(Nc1ccc(N(CCCl)CCCl)cc1)Nc1cccc([N+](=O)[O-])c1. The monoisotopic (exact) mass is 396 g/mol. The van der Waals surface area contributed by atoms with Gasteiger partial charge in [0.25, 0.3) is 5.69 Å². The highest BCUT2D eigenvalue weighted by molar-refractivity contribution is 6.18. The minimum atomic E-state index is -0.519. The maximum atomic E-state index is 12.0. The zero-order valence-electron chi connectivity index (χ0n) is 13.8. The molecule has 0 aliphatic rings. The average Bonchev–Trinajstić information content (AvgIpc) is 2.62. The Labute approximate surface area is 161 Å². The third-order valence-electron chi connectivity index (χ3n) is 3.51. The van der Waals surface area contributed by atoms with E-state index in [0.29, 0.717) is 36.2 Å². The smallest absolute Gasteiger partial charge is 0.323 e. The fraction of sp³-hybridized carbons (Fsp3) is 0.235. The highest BCUT2D eigenvalue weighted by atomic mass is 35.5. The minimum absolute atomic E-state index is 0.0918. The molecule has 0 bridgehead atoms. The van der Waals surface area contributed by atoms with Crippen LogP contribution in [0.2, 0.25) is 0 Å². The van der Waals surface area contributed by atoms with E-state index in [1.165, 1.54) is 18.2 Å². The number of halogens is 2. The van der Waals surface area contributed by atoms with E-state index in [9.17, 15) is 14.9 Å². The predicted molar refractivity (Wildman–Crippen MR) is 106 cm³/mol. The number of alkyl halides is 2. The summed E-state index contributed by atoms with van der Waals surface area (Å²) in [6.45, 7) is 1.35. The molecule has 0 saturated heterocycles. The van der Waals surface area contributed by atoms with Crippen LogP contribution in [0.25, 0.3) is 0 Å². The molecular formula is C17H18Cl2N4O3. The van der Waals surface area contributed by atoms with Crippen LogP contribution in [0.5, 0.6) is 0 Å². The topological polar surface area (TPSA) is 87.5 Å². The Bertz CT molecular complexity index is 750. The molecule has 0 aromatic heterocycles. The van der Waals surface area contributed by atoms with Gasteiger partial charge in [0.1, 0.15) is 0 Å². The Balaban J connectivity index is 1.98. The van der Waals surface area contributed by atoms with Crippen molar-refractivity contribution in [2.45, 2.75) is 0 Å². The number of urea groups is 1. The largest absolute Gasteiger partial charge is 0.369 e. The van der Waals surface area contributed by atoms with Crippen molar-refractivity contribution in [1.29, 1.82) is 0 Å². The molecule has 2 aromatic carbocycles. The van der Waals surface area contributed by atoms with Crippen LogP contribution in [0, 0.1) is 10.1 Å². The summed E-state index contributed by atoms with van der Waals surface area (Å²) in [6.07, 6.45) is 0. The molecule has 2 aromatic rings. The summed E-state index contributed by atoms with van der Waals surface area (Å²) in [5.41, 5.74) is 1.79.